The van der Waals surface area contributed by atoms with Crippen LogP contribution in [0.5, 0.6) is 0 Å². The summed E-state index contributed by atoms with van der Waals surface area (Å²) in [5.41, 5.74) is 12.5. The van der Waals surface area contributed by atoms with Gasteiger partial charge in [-0.3, -0.25) is 0 Å². The van der Waals surface area contributed by atoms with Crippen LogP contribution in [-0.2, 0) is 5.41 Å². The quantitative estimate of drug-likeness (QED) is 0.179. The summed E-state index contributed by atoms with van der Waals surface area (Å²) in [6.45, 7) is 4.73. The van der Waals surface area contributed by atoms with Crippen molar-refractivity contribution in [3.8, 4) is 16.8 Å². The van der Waals surface area contributed by atoms with E-state index in [1.54, 1.807) is 0 Å². The minimum absolute atomic E-state index is 0.0496. The van der Waals surface area contributed by atoms with Crippen molar-refractivity contribution in [3.05, 3.63) is 181 Å². The molecule has 52 heavy (non-hydrogen) atoms. The second-order valence-electron chi connectivity index (χ2n) is 14.6. The molecule has 0 bridgehead atoms. The second-order valence-corrected chi connectivity index (χ2v) is 15.7. The van der Waals surface area contributed by atoms with Crippen LogP contribution >= 0.6 is 11.3 Å². The number of anilines is 3. The van der Waals surface area contributed by atoms with Gasteiger partial charge in [0, 0.05) is 59.1 Å². The first kappa shape index (κ1) is 29.6. The van der Waals surface area contributed by atoms with E-state index in [1.807, 2.05) is 11.3 Å². The summed E-state index contributed by atoms with van der Waals surface area (Å²) in [5, 5.41) is 7.71. The van der Waals surface area contributed by atoms with Gasteiger partial charge in [0.25, 0.3) is 0 Å². The lowest BCUT2D eigenvalue weighted by molar-refractivity contribution is 0.661. The topological polar surface area (TPSA) is 8.17 Å². The Balaban J connectivity index is 1.20. The largest absolute Gasteiger partial charge is 0.310 e. The molecule has 0 radical (unpaired) electrons. The third kappa shape index (κ3) is 4.17. The number of nitrogens with zero attached hydrogens (tertiary/aromatic N) is 2. The number of aromatic nitrogens is 1. The van der Waals surface area contributed by atoms with Crippen LogP contribution in [0.2, 0.25) is 0 Å². The third-order valence-electron chi connectivity index (χ3n) is 11.3. The molecule has 11 rings (SSSR count). The molecular formula is C49H34N2S. The lowest BCUT2D eigenvalue weighted by Crippen LogP contribution is -2.14. The highest BCUT2D eigenvalue weighted by Crippen LogP contribution is 2.52. The Bertz CT molecular complexity index is 3040. The number of thiophene rings is 1. The summed E-state index contributed by atoms with van der Waals surface area (Å²) < 4.78 is 5.06. The molecule has 0 amide bonds. The monoisotopic (exact) mass is 682 g/mol. The minimum Gasteiger partial charge on any atom is -0.310 e. The van der Waals surface area contributed by atoms with E-state index in [1.165, 1.54) is 75.0 Å². The normalized spacial score (nSPS) is 13.3. The molecule has 2 nitrogen and oxygen atoms in total. The van der Waals surface area contributed by atoms with Gasteiger partial charge in [-0.05, 0) is 106 Å². The summed E-state index contributed by atoms with van der Waals surface area (Å²) in [6, 6.07) is 62.8. The highest BCUT2D eigenvalue weighted by Gasteiger charge is 2.36. The fourth-order valence-corrected chi connectivity index (χ4v) is 10.0. The fourth-order valence-electron chi connectivity index (χ4n) is 8.90. The van der Waals surface area contributed by atoms with Crippen molar-refractivity contribution >= 4 is 81.1 Å². The Kier molecular flexibility index (Phi) is 6.21. The molecule has 0 saturated carbocycles. The zero-order valence-corrected chi connectivity index (χ0v) is 29.8. The van der Waals surface area contributed by atoms with Crippen LogP contribution in [0.4, 0.5) is 17.1 Å². The van der Waals surface area contributed by atoms with E-state index >= 15 is 0 Å². The molecule has 0 fully saturated rings. The van der Waals surface area contributed by atoms with Crippen molar-refractivity contribution in [1.82, 2.24) is 4.57 Å². The van der Waals surface area contributed by atoms with E-state index in [2.05, 4.69) is 193 Å². The third-order valence-corrected chi connectivity index (χ3v) is 12.5. The molecule has 0 saturated heterocycles. The first-order chi connectivity index (χ1) is 25.5. The van der Waals surface area contributed by atoms with E-state index in [0.29, 0.717) is 0 Å². The molecule has 2 heterocycles. The van der Waals surface area contributed by atoms with Crippen LogP contribution < -0.4 is 4.90 Å². The second kappa shape index (κ2) is 10.9. The van der Waals surface area contributed by atoms with Gasteiger partial charge in [-0.15, -0.1) is 11.3 Å². The number of fused-ring (bicyclic) bond motifs is 11. The first-order valence-electron chi connectivity index (χ1n) is 18.0. The van der Waals surface area contributed by atoms with Crippen molar-refractivity contribution in [3.63, 3.8) is 0 Å². The molecule has 0 unspecified atom stereocenters. The van der Waals surface area contributed by atoms with E-state index in [4.69, 9.17) is 0 Å². The molecule has 246 valence electrons. The molecule has 10 aromatic rings. The molecule has 3 heteroatoms. The van der Waals surface area contributed by atoms with E-state index in [-0.39, 0.29) is 5.41 Å². The smallest absolute Gasteiger partial charge is 0.0547 e. The van der Waals surface area contributed by atoms with Crippen molar-refractivity contribution in [2.45, 2.75) is 19.3 Å². The van der Waals surface area contributed by atoms with E-state index in [9.17, 15) is 0 Å². The summed E-state index contributed by atoms with van der Waals surface area (Å²) >= 11 is 1.86. The zero-order valence-electron chi connectivity index (χ0n) is 29.0. The predicted octanol–water partition coefficient (Wildman–Crippen LogP) is 14.1. The maximum absolute atomic E-state index is 2.48. The van der Waals surface area contributed by atoms with Gasteiger partial charge in [-0.2, -0.15) is 0 Å². The molecule has 0 N–H and O–H groups in total. The van der Waals surface area contributed by atoms with Crippen molar-refractivity contribution in [2.24, 2.45) is 0 Å². The average molecular weight is 683 g/mol. The molecule has 1 aliphatic rings. The molecular weight excluding hydrogens is 649 g/mol. The SMILES string of the molecule is CC1(C)c2ccccc2-c2c1ccc1cc3c(cc21)c1cc(N(c2ccccc2)c2ccc4c(c2)sc2ccccc24)ccc1n3-c1ccccc1. The summed E-state index contributed by atoms with van der Waals surface area (Å²) in [4.78, 5) is 2.41. The van der Waals surface area contributed by atoms with Crippen LogP contribution in [0.25, 0.3) is 69.6 Å². The molecule has 2 aromatic heterocycles. The van der Waals surface area contributed by atoms with Gasteiger partial charge in [-0.1, -0.05) is 111 Å². The fraction of sp³-hybridized carbons (Fsp3) is 0.0612. The Hall–Kier alpha value is -6.16. The van der Waals surface area contributed by atoms with E-state index in [0.717, 1.165) is 22.7 Å². The lowest BCUT2D eigenvalue weighted by Gasteiger charge is -2.25. The molecule has 8 aromatic carbocycles. The van der Waals surface area contributed by atoms with Gasteiger partial charge in [0.2, 0.25) is 0 Å². The predicted molar refractivity (Wildman–Crippen MR) is 223 cm³/mol. The Morgan fingerprint density at radius 3 is 2.02 bits per heavy atom. The van der Waals surface area contributed by atoms with Gasteiger partial charge in [0.1, 0.15) is 0 Å². The Morgan fingerprint density at radius 2 is 1.15 bits per heavy atom. The summed E-state index contributed by atoms with van der Waals surface area (Å²) in [7, 11) is 0. The molecule has 0 aliphatic heterocycles. The standard InChI is InChI=1S/C49H34N2S/c1-49(2)42-19-11-9-18-38(42)48-39-30-41-40-28-34(23-26-44(40)51(33-15-7-4-8-16-33)45(41)27-31(39)21-25-43(48)49)50(32-13-5-3-6-14-32)35-22-24-37-36-17-10-12-20-46(36)52-47(37)29-35/h3-30H,1-2H3. The zero-order chi connectivity index (χ0) is 34.6. The van der Waals surface area contributed by atoms with Crippen LogP contribution in [-0.4, -0.2) is 4.57 Å². The van der Waals surface area contributed by atoms with Gasteiger partial charge >= 0.3 is 0 Å². The maximum Gasteiger partial charge on any atom is 0.0547 e. The van der Waals surface area contributed by atoms with Crippen LogP contribution in [0.1, 0.15) is 25.0 Å². The van der Waals surface area contributed by atoms with Crippen LogP contribution in [0.15, 0.2) is 170 Å². The van der Waals surface area contributed by atoms with Gasteiger partial charge < -0.3 is 9.47 Å². The molecule has 0 spiro atoms. The van der Waals surface area contributed by atoms with Gasteiger partial charge in [-0.25, -0.2) is 0 Å². The summed E-state index contributed by atoms with van der Waals surface area (Å²) in [6.07, 6.45) is 0. The average Bonchev–Trinajstić information content (AvgIpc) is 3.79. The highest BCUT2D eigenvalue weighted by atomic mass is 32.1. The molecule has 1 aliphatic carbocycles. The number of rotatable bonds is 4. The highest BCUT2D eigenvalue weighted by molar-refractivity contribution is 7.25. The summed E-state index contributed by atoms with van der Waals surface area (Å²) in [5.74, 6) is 0. The van der Waals surface area contributed by atoms with Gasteiger partial charge in [0.05, 0.1) is 11.0 Å². The number of hydrogen-bond donors (Lipinski definition) is 0. The van der Waals surface area contributed by atoms with Crippen molar-refractivity contribution in [1.29, 1.82) is 0 Å². The number of hydrogen-bond acceptors (Lipinski definition) is 2. The van der Waals surface area contributed by atoms with Crippen LogP contribution in [0, 0.1) is 0 Å². The lowest BCUT2D eigenvalue weighted by atomic mass is 9.82. The van der Waals surface area contributed by atoms with Crippen molar-refractivity contribution in [2.75, 3.05) is 4.90 Å². The van der Waals surface area contributed by atoms with Gasteiger partial charge in [0.15, 0.2) is 0 Å². The number of benzene rings is 8. The van der Waals surface area contributed by atoms with Crippen LogP contribution in [0.3, 0.4) is 0 Å². The minimum atomic E-state index is -0.0496. The maximum atomic E-state index is 2.48. The first-order valence-corrected chi connectivity index (χ1v) is 18.8. The number of para-hydroxylation sites is 2. The molecule has 0 atom stereocenters. The Labute approximate surface area is 306 Å². The van der Waals surface area contributed by atoms with Crippen molar-refractivity contribution < 1.29 is 0 Å². The Morgan fingerprint density at radius 1 is 0.462 bits per heavy atom. The van der Waals surface area contributed by atoms with E-state index < -0.39 is 0 Å².